The minimum Gasteiger partial charge on any atom is -0.454 e. The van der Waals surface area contributed by atoms with Crippen molar-refractivity contribution in [3.8, 4) is 11.5 Å². The number of rotatable bonds is 3. The van der Waals surface area contributed by atoms with E-state index in [9.17, 15) is 4.39 Å². The average Bonchev–Trinajstić information content (AvgIpc) is 2.38. The lowest BCUT2D eigenvalue weighted by atomic mass is 10.1. The third kappa shape index (κ3) is 3.20. The fourth-order valence-electron chi connectivity index (χ4n) is 1.80. The van der Waals surface area contributed by atoms with E-state index in [0.717, 1.165) is 16.7 Å². The van der Waals surface area contributed by atoms with E-state index in [0.29, 0.717) is 10.8 Å². The van der Waals surface area contributed by atoms with Gasteiger partial charge in [0.2, 0.25) is 0 Å². The smallest absolute Gasteiger partial charge is 0.166 e. The molecule has 19 heavy (non-hydrogen) atoms. The molecule has 0 saturated heterocycles. The molecule has 0 unspecified atom stereocenters. The van der Waals surface area contributed by atoms with Crippen LogP contribution in [0.2, 0.25) is 5.02 Å². The van der Waals surface area contributed by atoms with Crippen molar-refractivity contribution in [2.24, 2.45) is 0 Å². The van der Waals surface area contributed by atoms with Crippen molar-refractivity contribution in [2.75, 3.05) is 0 Å². The van der Waals surface area contributed by atoms with Gasteiger partial charge in [0.1, 0.15) is 5.75 Å². The van der Waals surface area contributed by atoms with Crippen LogP contribution >= 0.6 is 23.2 Å². The quantitative estimate of drug-likeness (QED) is 0.668. The van der Waals surface area contributed by atoms with Gasteiger partial charge in [-0.25, -0.2) is 4.39 Å². The standard InChI is InChI=1S/C15H13Cl2FO/c1-9-5-12(6-10(2)15(9)17)19-14-4-3-11(8-16)7-13(14)18/h3-7H,8H2,1-2H3. The molecule has 0 aliphatic carbocycles. The van der Waals surface area contributed by atoms with Crippen molar-refractivity contribution in [2.45, 2.75) is 19.7 Å². The maximum absolute atomic E-state index is 13.8. The van der Waals surface area contributed by atoms with E-state index < -0.39 is 5.82 Å². The van der Waals surface area contributed by atoms with Crippen LogP contribution in [-0.4, -0.2) is 0 Å². The van der Waals surface area contributed by atoms with Crippen LogP contribution in [0.5, 0.6) is 11.5 Å². The molecule has 2 rings (SSSR count). The number of alkyl halides is 1. The third-order valence-electron chi connectivity index (χ3n) is 2.79. The molecule has 2 aromatic carbocycles. The Morgan fingerprint density at radius 1 is 1.11 bits per heavy atom. The van der Waals surface area contributed by atoms with Crippen molar-refractivity contribution in [3.05, 3.63) is 57.9 Å². The highest BCUT2D eigenvalue weighted by molar-refractivity contribution is 6.32. The highest BCUT2D eigenvalue weighted by atomic mass is 35.5. The van der Waals surface area contributed by atoms with Gasteiger partial charge in [-0.1, -0.05) is 17.7 Å². The van der Waals surface area contributed by atoms with Crippen LogP contribution in [0.1, 0.15) is 16.7 Å². The van der Waals surface area contributed by atoms with Crippen LogP contribution in [0.3, 0.4) is 0 Å². The first-order chi connectivity index (χ1) is 9.01. The van der Waals surface area contributed by atoms with E-state index in [1.165, 1.54) is 6.07 Å². The van der Waals surface area contributed by atoms with Crippen LogP contribution in [0.15, 0.2) is 30.3 Å². The molecule has 2 aromatic rings. The molecule has 0 aromatic heterocycles. The zero-order valence-electron chi connectivity index (χ0n) is 10.6. The Bertz CT molecular complexity index is 588. The minimum absolute atomic E-state index is 0.176. The maximum Gasteiger partial charge on any atom is 0.166 e. The Hall–Kier alpha value is -1.25. The lowest BCUT2D eigenvalue weighted by Crippen LogP contribution is -1.92. The van der Waals surface area contributed by atoms with E-state index >= 15 is 0 Å². The Balaban J connectivity index is 2.31. The minimum atomic E-state index is -0.427. The number of hydrogen-bond donors (Lipinski definition) is 0. The van der Waals surface area contributed by atoms with Gasteiger partial charge < -0.3 is 4.74 Å². The molecule has 0 spiro atoms. The van der Waals surface area contributed by atoms with E-state index in [-0.39, 0.29) is 11.6 Å². The van der Waals surface area contributed by atoms with E-state index in [2.05, 4.69) is 0 Å². The van der Waals surface area contributed by atoms with Gasteiger partial charge >= 0.3 is 0 Å². The van der Waals surface area contributed by atoms with Gasteiger partial charge in [-0.15, -0.1) is 11.6 Å². The topological polar surface area (TPSA) is 9.23 Å². The molecule has 1 nitrogen and oxygen atoms in total. The second kappa shape index (κ2) is 5.81. The Kier molecular flexibility index (Phi) is 4.33. The van der Waals surface area contributed by atoms with Crippen LogP contribution in [-0.2, 0) is 5.88 Å². The molecular weight excluding hydrogens is 286 g/mol. The van der Waals surface area contributed by atoms with Gasteiger partial charge in [-0.05, 0) is 54.8 Å². The number of aryl methyl sites for hydroxylation is 2. The van der Waals surface area contributed by atoms with Crippen molar-refractivity contribution < 1.29 is 9.13 Å². The van der Waals surface area contributed by atoms with Gasteiger partial charge in [-0.2, -0.15) is 0 Å². The van der Waals surface area contributed by atoms with Crippen molar-refractivity contribution >= 4 is 23.2 Å². The summed E-state index contributed by atoms with van der Waals surface area (Å²) in [4.78, 5) is 0. The first-order valence-electron chi connectivity index (χ1n) is 5.80. The number of hydrogen-bond acceptors (Lipinski definition) is 1. The third-order valence-corrected chi connectivity index (χ3v) is 3.69. The number of benzene rings is 2. The summed E-state index contributed by atoms with van der Waals surface area (Å²) in [5.74, 6) is 0.589. The van der Waals surface area contributed by atoms with Gasteiger partial charge in [0.15, 0.2) is 11.6 Å². The van der Waals surface area contributed by atoms with Gasteiger partial charge in [0.25, 0.3) is 0 Å². The summed E-state index contributed by atoms with van der Waals surface area (Å²) in [5, 5.41) is 0.699. The summed E-state index contributed by atoms with van der Waals surface area (Å²) in [7, 11) is 0. The molecular formula is C15H13Cl2FO. The molecule has 0 bridgehead atoms. The SMILES string of the molecule is Cc1cc(Oc2ccc(CCl)cc2F)cc(C)c1Cl. The van der Waals surface area contributed by atoms with Crippen LogP contribution in [0.25, 0.3) is 0 Å². The Morgan fingerprint density at radius 3 is 2.26 bits per heavy atom. The molecule has 4 heteroatoms. The summed E-state index contributed by atoms with van der Waals surface area (Å²) in [6.07, 6.45) is 0. The van der Waals surface area contributed by atoms with Gasteiger partial charge in [0, 0.05) is 10.9 Å². The lowest BCUT2D eigenvalue weighted by Gasteiger charge is -2.10. The van der Waals surface area contributed by atoms with E-state index in [1.54, 1.807) is 24.3 Å². The number of halogens is 3. The predicted octanol–water partition coefficient (Wildman–Crippen LogP) is 5.63. The maximum atomic E-state index is 13.8. The fraction of sp³-hybridized carbons (Fsp3) is 0.200. The molecule has 0 atom stereocenters. The summed E-state index contributed by atoms with van der Waals surface area (Å²) in [6.45, 7) is 3.77. The van der Waals surface area contributed by atoms with Gasteiger partial charge in [-0.3, -0.25) is 0 Å². The molecule has 0 aliphatic heterocycles. The normalized spacial score (nSPS) is 10.6. The number of ether oxygens (including phenoxy) is 1. The van der Waals surface area contributed by atoms with E-state index in [1.807, 2.05) is 13.8 Å². The van der Waals surface area contributed by atoms with Crippen LogP contribution in [0, 0.1) is 19.7 Å². The summed E-state index contributed by atoms with van der Waals surface area (Å²) >= 11 is 11.7. The molecule has 0 amide bonds. The zero-order chi connectivity index (χ0) is 14.0. The van der Waals surface area contributed by atoms with Crippen LogP contribution < -0.4 is 4.74 Å². The molecule has 0 radical (unpaired) electrons. The monoisotopic (exact) mass is 298 g/mol. The van der Waals surface area contributed by atoms with Crippen molar-refractivity contribution in [1.29, 1.82) is 0 Å². The zero-order valence-corrected chi connectivity index (χ0v) is 12.1. The fourth-order valence-corrected chi connectivity index (χ4v) is 2.08. The second-order valence-electron chi connectivity index (χ2n) is 4.37. The average molecular weight is 299 g/mol. The molecule has 0 heterocycles. The highest BCUT2D eigenvalue weighted by Crippen LogP contribution is 2.30. The Morgan fingerprint density at radius 2 is 1.74 bits per heavy atom. The lowest BCUT2D eigenvalue weighted by molar-refractivity contribution is 0.441. The molecule has 0 N–H and O–H groups in total. The van der Waals surface area contributed by atoms with Gasteiger partial charge in [0.05, 0.1) is 0 Å². The first-order valence-corrected chi connectivity index (χ1v) is 6.71. The first kappa shape index (κ1) is 14.2. The van der Waals surface area contributed by atoms with Crippen molar-refractivity contribution in [1.82, 2.24) is 0 Å². The largest absolute Gasteiger partial charge is 0.454 e. The molecule has 100 valence electrons. The molecule has 0 aliphatic rings. The second-order valence-corrected chi connectivity index (χ2v) is 5.02. The highest BCUT2D eigenvalue weighted by Gasteiger charge is 2.08. The molecule has 0 fully saturated rings. The van der Waals surface area contributed by atoms with E-state index in [4.69, 9.17) is 27.9 Å². The predicted molar refractivity (Wildman–Crippen MR) is 77.0 cm³/mol. The summed E-state index contributed by atoms with van der Waals surface area (Å²) < 4.78 is 19.3. The van der Waals surface area contributed by atoms with Crippen molar-refractivity contribution in [3.63, 3.8) is 0 Å². The Labute approximate surface area is 121 Å². The summed E-state index contributed by atoms with van der Waals surface area (Å²) in [6, 6.07) is 8.25. The summed E-state index contributed by atoms with van der Waals surface area (Å²) in [5.41, 5.74) is 2.51. The molecule has 0 saturated carbocycles. The van der Waals surface area contributed by atoms with Crippen LogP contribution in [0.4, 0.5) is 4.39 Å².